The molecule has 1 aromatic carbocycles. The Bertz CT molecular complexity index is 773. The molecule has 0 bridgehead atoms. The highest BCUT2D eigenvalue weighted by Crippen LogP contribution is 2.16. The monoisotopic (exact) mass is 358 g/mol. The van der Waals surface area contributed by atoms with Gasteiger partial charge in [-0.2, -0.15) is 5.10 Å². The summed E-state index contributed by atoms with van der Waals surface area (Å²) in [7, 11) is 0. The number of benzene rings is 1. The number of carbonyl (C=O) groups excluding carboxylic acids is 2. The highest BCUT2D eigenvalue weighted by molar-refractivity contribution is 8.00. The van der Waals surface area contributed by atoms with Crippen LogP contribution in [0.3, 0.4) is 0 Å². The topological polar surface area (TPSA) is 67.2 Å². The minimum Gasteiger partial charge on any atom is -0.350 e. The van der Waals surface area contributed by atoms with Crippen LogP contribution >= 0.6 is 11.8 Å². The number of carbonyl (C=O) groups is 2. The summed E-state index contributed by atoms with van der Waals surface area (Å²) in [5.41, 5.74) is 4.19. The summed E-state index contributed by atoms with van der Waals surface area (Å²) in [4.78, 5) is 25.3. The number of nitrogens with zero attached hydrogens (tertiary/aromatic N) is 3. The maximum absolute atomic E-state index is 12.1. The van der Waals surface area contributed by atoms with E-state index in [0.717, 1.165) is 17.0 Å². The molecular weight excluding hydrogens is 336 g/mol. The quantitative estimate of drug-likeness (QED) is 0.853. The largest absolute Gasteiger partial charge is 0.350 e. The lowest BCUT2D eigenvalue weighted by Crippen LogP contribution is -2.38. The zero-order chi connectivity index (χ0) is 17.8. The first-order chi connectivity index (χ1) is 12.0. The van der Waals surface area contributed by atoms with Crippen LogP contribution in [0.1, 0.15) is 22.5 Å². The van der Waals surface area contributed by atoms with Crippen LogP contribution in [-0.2, 0) is 22.7 Å². The van der Waals surface area contributed by atoms with Crippen molar-refractivity contribution >= 4 is 23.6 Å². The Morgan fingerprint density at radius 2 is 2.04 bits per heavy atom. The van der Waals surface area contributed by atoms with Gasteiger partial charge in [-0.15, -0.1) is 11.8 Å². The molecule has 1 aromatic heterocycles. The molecule has 3 rings (SSSR count). The summed E-state index contributed by atoms with van der Waals surface area (Å²) in [5, 5.41) is 7.51. The second-order valence-corrected chi connectivity index (χ2v) is 7.09. The normalized spacial score (nSPS) is 14.2. The second kappa shape index (κ2) is 7.74. The van der Waals surface area contributed by atoms with Gasteiger partial charge in [0.2, 0.25) is 11.8 Å². The average molecular weight is 358 g/mol. The molecule has 2 heterocycles. The van der Waals surface area contributed by atoms with Gasteiger partial charge in [-0.3, -0.25) is 14.3 Å². The van der Waals surface area contributed by atoms with Gasteiger partial charge in [0.25, 0.3) is 0 Å². The maximum atomic E-state index is 12.1. The standard InChI is InChI=1S/C18H22N4O2S/c1-13-16(8-19-17(23)10-21-12-25-11-18(21)24)14(2)22(20-13)9-15-6-4-3-5-7-15/h3-7H,8-12H2,1-2H3,(H,19,23). The molecule has 6 nitrogen and oxygen atoms in total. The Balaban J connectivity index is 1.61. The van der Waals surface area contributed by atoms with Crippen LogP contribution in [0.15, 0.2) is 30.3 Å². The highest BCUT2D eigenvalue weighted by atomic mass is 32.2. The fourth-order valence-corrected chi connectivity index (χ4v) is 3.76. The van der Waals surface area contributed by atoms with Crippen molar-refractivity contribution in [3.05, 3.63) is 52.8 Å². The van der Waals surface area contributed by atoms with Crippen LogP contribution in [0.4, 0.5) is 0 Å². The van der Waals surface area contributed by atoms with Crippen LogP contribution < -0.4 is 5.32 Å². The number of hydrogen-bond donors (Lipinski definition) is 1. The fourth-order valence-electron chi connectivity index (χ4n) is 2.86. The molecule has 0 unspecified atom stereocenters. The molecular formula is C18H22N4O2S. The Kier molecular flexibility index (Phi) is 5.43. The van der Waals surface area contributed by atoms with E-state index in [4.69, 9.17) is 0 Å². The van der Waals surface area contributed by atoms with Crippen LogP contribution in [0, 0.1) is 13.8 Å². The van der Waals surface area contributed by atoms with Crippen molar-refractivity contribution in [3.8, 4) is 0 Å². The van der Waals surface area contributed by atoms with Gasteiger partial charge < -0.3 is 10.2 Å². The number of rotatable bonds is 6. The summed E-state index contributed by atoms with van der Waals surface area (Å²) in [6.45, 7) is 5.24. The minimum absolute atomic E-state index is 0.0307. The molecule has 1 aliphatic heterocycles. The predicted molar refractivity (Wildman–Crippen MR) is 98.1 cm³/mol. The van der Waals surface area contributed by atoms with Gasteiger partial charge in [0, 0.05) is 17.8 Å². The smallest absolute Gasteiger partial charge is 0.239 e. The molecule has 0 aliphatic carbocycles. The molecule has 2 aromatic rings. The molecule has 0 spiro atoms. The summed E-state index contributed by atoms with van der Waals surface area (Å²) < 4.78 is 1.97. The third-order valence-corrected chi connectivity index (χ3v) is 5.27. The zero-order valence-corrected chi connectivity index (χ0v) is 15.3. The number of aryl methyl sites for hydroxylation is 1. The first-order valence-electron chi connectivity index (χ1n) is 8.23. The van der Waals surface area contributed by atoms with Gasteiger partial charge in [-0.05, 0) is 19.4 Å². The maximum Gasteiger partial charge on any atom is 0.239 e. The molecule has 25 heavy (non-hydrogen) atoms. The van der Waals surface area contributed by atoms with E-state index in [1.807, 2.05) is 36.7 Å². The van der Waals surface area contributed by atoms with Crippen molar-refractivity contribution in [2.75, 3.05) is 18.2 Å². The van der Waals surface area contributed by atoms with Gasteiger partial charge in [-0.1, -0.05) is 30.3 Å². The zero-order valence-electron chi connectivity index (χ0n) is 14.5. The van der Waals surface area contributed by atoms with Crippen LogP contribution in [0.25, 0.3) is 0 Å². The van der Waals surface area contributed by atoms with E-state index in [0.29, 0.717) is 24.7 Å². The van der Waals surface area contributed by atoms with E-state index >= 15 is 0 Å². The van der Waals surface area contributed by atoms with Gasteiger partial charge in [0.05, 0.1) is 23.9 Å². The lowest BCUT2D eigenvalue weighted by atomic mass is 10.2. The Labute approximate surface area is 151 Å². The highest BCUT2D eigenvalue weighted by Gasteiger charge is 2.23. The molecule has 1 saturated heterocycles. The van der Waals surface area contributed by atoms with E-state index in [1.165, 1.54) is 17.3 Å². The molecule has 0 radical (unpaired) electrons. The van der Waals surface area contributed by atoms with Crippen LogP contribution in [0.2, 0.25) is 0 Å². The predicted octanol–water partition coefficient (Wildman–Crippen LogP) is 1.70. The van der Waals surface area contributed by atoms with Gasteiger partial charge in [-0.25, -0.2) is 0 Å². The van der Waals surface area contributed by atoms with E-state index in [2.05, 4.69) is 22.5 Å². The van der Waals surface area contributed by atoms with Crippen molar-refractivity contribution in [3.63, 3.8) is 0 Å². The van der Waals surface area contributed by atoms with Crippen LogP contribution in [0.5, 0.6) is 0 Å². The molecule has 2 amide bonds. The lowest BCUT2D eigenvalue weighted by molar-refractivity contribution is -0.132. The summed E-state index contributed by atoms with van der Waals surface area (Å²) in [6.07, 6.45) is 0. The summed E-state index contributed by atoms with van der Waals surface area (Å²) in [5.74, 6) is 0.963. The Morgan fingerprint density at radius 1 is 1.28 bits per heavy atom. The number of thioether (sulfide) groups is 1. The fraction of sp³-hybridized carbons (Fsp3) is 0.389. The van der Waals surface area contributed by atoms with Crippen molar-refractivity contribution in [2.45, 2.75) is 26.9 Å². The van der Waals surface area contributed by atoms with Crippen molar-refractivity contribution in [1.82, 2.24) is 20.0 Å². The molecule has 0 atom stereocenters. The number of nitrogens with one attached hydrogen (secondary N) is 1. The Hall–Kier alpha value is -2.28. The number of hydrogen-bond acceptors (Lipinski definition) is 4. The second-order valence-electron chi connectivity index (χ2n) is 6.14. The average Bonchev–Trinajstić information content (AvgIpc) is 3.11. The minimum atomic E-state index is -0.134. The van der Waals surface area contributed by atoms with E-state index < -0.39 is 0 Å². The summed E-state index contributed by atoms with van der Waals surface area (Å²) in [6, 6.07) is 10.2. The Morgan fingerprint density at radius 3 is 2.72 bits per heavy atom. The SMILES string of the molecule is Cc1nn(Cc2ccccc2)c(C)c1CNC(=O)CN1CSCC1=O. The first kappa shape index (κ1) is 17.5. The molecule has 0 saturated carbocycles. The van der Waals surface area contributed by atoms with Gasteiger partial charge in [0.1, 0.15) is 6.54 Å². The molecule has 132 valence electrons. The third-order valence-electron chi connectivity index (χ3n) is 4.33. The molecule has 7 heteroatoms. The van der Waals surface area contributed by atoms with E-state index in [9.17, 15) is 9.59 Å². The van der Waals surface area contributed by atoms with Crippen molar-refractivity contribution < 1.29 is 9.59 Å². The molecule has 1 N–H and O–H groups in total. The lowest BCUT2D eigenvalue weighted by Gasteiger charge is -2.14. The van der Waals surface area contributed by atoms with E-state index in [1.54, 1.807) is 4.90 Å². The van der Waals surface area contributed by atoms with Gasteiger partial charge >= 0.3 is 0 Å². The summed E-state index contributed by atoms with van der Waals surface area (Å²) >= 11 is 1.54. The van der Waals surface area contributed by atoms with E-state index in [-0.39, 0.29) is 18.4 Å². The first-order valence-corrected chi connectivity index (χ1v) is 9.39. The number of aromatic nitrogens is 2. The number of amides is 2. The van der Waals surface area contributed by atoms with Gasteiger partial charge in [0.15, 0.2) is 0 Å². The molecule has 1 aliphatic rings. The third kappa shape index (κ3) is 4.22. The van der Waals surface area contributed by atoms with Crippen LogP contribution in [-0.4, -0.2) is 44.7 Å². The molecule has 1 fully saturated rings. The van der Waals surface area contributed by atoms with Crippen molar-refractivity contribution in [2.24, 2.45) is 0 Å². The van der Waals surface area contributed by atoms with Crippen molar-refractivity contribution in [1.29, 1.82) is 0 Å².